The van der Waals surface area contributed by atoms with Crippen LogP contribution in [0.25, 0.3) is 0 Å². The molecule has 0 aromatic heterocycles. The van der Waals surface area contributed by atoms with E-state index >= 15 is 0 Å². The number of rotatable bonds is 8. The number of alkyl carbamates (subject to hydrolysis) is 1. The Kier molecular flexibility index (Phi) is 8.54. The monoisotopic (exact) mass is 479 g/mol. The Hall–Kier alpha value is -3.35. The highest BCUT2D eigenvalue weighted by molar-refractivity contribution is 5.90. The number of hydrogen-bond donors (Lipinski definition) is 2. The van der Waals surface area contributed by atoms with Crippen molar-refractivity contribution < 1.29 is 19.1 Å². The van der Waals surface area contributed by atoms with Gasteiger partial charge in [0.15, 0.2) is 0 Å². The molecule has 0 spiro atoms. The Morgan fingerprint density at radius 1 is 1.00 bits per heavy atom. The van der Waals surface area contributed by atoms with Crippen LogP contribution in [-0.2, 0) is 20.9 Å². The fourth-order valence-electron chi connectivity index (χ4n) is 4.26. The molecule has 1 aliphatic carbocycles. The summed E-state index contributed by atoms with van der Waals surface area (Å²) in [7, 11) is 0. The summed E-state index contributed by atoms with van der Waals surface area (Å²) in [5.41, 5.74) is 3.13. The molecule has 1 saturated carbocycles. The molecule has 3 rings (SSSR count). The molecule has 1 fully saturated rings. The topological polar surface area (TPSA) is 87.7 Å². The maximum atomic E-state index is 13.6. The van der Waals surface area contributed by atoms with Gasteiger partial charge >= 0.3 is 6.09 Å². The van der Waals surface area contributed by atoms with E-state index in [2.05, 4.69) is 10.6 Å². The molecule has 2 N–H and O–H groups in total. The van der Waals surface area contributed by atoms with Gasteiger partial charge in [0.25, 0.3) is 0 Å². The number of ether oxygens (including phenoxy) is 1. The number of aryl methyl sites for hydroxylation is 2. The van der Waals surface area contributed by atoms with E-state index in [1.807, 2.05) is 62.4 Å². The average molecular weight is 480 g/mol. The highest BCUT2D eigenvalue weighted by Crippen LogP contribution is 2.33. The molecule has 1 atom stereocenters. The highest BCUT2D eigenvalue weighted by atomic mass is 16.6. The van der Waals surface area contributed by atoms with Crippen LogP contribution in [0.2, 0.25) is 0 Å². The van der Waals surface area contributed by atoms with Crippen LogP contribution >= 0.6 is 0 Å². The van der Waals surface area contributed by atoms with Gasteiger partial charge in [-0.2, -0.15) is 0 Å². The molecule has 0 heterocycles. The number of benzene rings is 2. The average Bonchev–Trinajstić information content (AvgIpc) is 2.73. The summed E-state index contributed by atoms with van der Waals surface area (Å²) in [5.74, 6) is -0.545. The van der Waals surface area contributed by atoms with Gasteiger partial charge in [0.1, 0.15) is 18.2 Å². The molecule has 7 heteroatoms. The lowest BCUT2D eigenvalue weighted by Gasteiger charge is -2.42. The number of carbonyl (C=O) groups is 3. The third-order valence-electron chi connectivity index (χ3n) is 5.93. The summed E-state index contributed by atoms with van der Waals surface area (Å²) >= 11 is 0. The first kappa shape index (κ1) is 26.3. The quantitative estimate of drug-likeness (QED) is 0.581. The van der Waals surface area contributed by atoms with Crippen molar-refractivity contribution in [3.63, 3.8) is 0 Å². The smallest absolute Gasteiger partial charge is 0.408 e. The Morgan fingerprint density at radius 2 is 1.63 bits per heavy atom. The molecule has 35 heavy (non-hydrogen) atoms. The Balaban J connectivity index is 1.87. The molecule has 2 aromatic rings. The number of hydrogen-bond acceptors (Lipinski definition) is 4. The number of nitrogens with one attached hydrogen (secondary N) is 2. The van der Waals surface area contributed by atoms with Crippen LogP contribution in [0.15, 0.2) is 48.5 Å². The van der Waals surface area contributed by atoms with Gasteiger partial charge in [-0.1, -0.05) is 59.7 Å². The van der Waals surface area contributed by atoms with Crippen LogP contribution in [0.1, 0.15) is 68.3 Å². The zero-order valence-corrected chi connectivity index (χ0v) is 21.4. The minimum Gasteiger partial charge on any atom is -0.444 e. The highest BCUT2D eigenvalue weighted by Gasteiger charge is 2.39. The molecule has 7 nitrogen and oxygen atoms in total. The molecule has 3 amide bonds. The fraction of sp³-hybridized carbons (Fsp3) is 0.464. The van der Waals surface area contributed by atoms with Gasteiger partial charge in [-0.05, 0) is 65.0 Å². The van der Waals surface area contributed by atoms with Crippen LogP contribution in [-0.4, -0.2) is 41.0 Å². The second-order valence-electron chi connectivity index (χ2n) is 10.3. The van der Waals surface area contributed by atoms with E-state index in [1.54, 1.807) is 25.7 Å². The molecule has 2 aromatic carbocycles. The minimum absolute atomic E-state index is 0.0590. The minimum atomic E-state index is -0.796. The first-order valence-electron chi connectivity index (χ1n) is 12.2. The van der Waals surface area contributed by atoms with Crippen molar-refractivity contribution in [1.82, 2.24) is 15.5 Å². The molecule has 0 saturated heterocycles. The zero-order valence-electron chi connectivity index (χ0n) is 21.4. The Bertz CT molecular complexity index is 1020. The summed E-state index contributed by atoms with van der Waals surface area (Å²) in [6.07, 6.45) is 1.99. The van der Waals surface area contributed by atoms with Crippen LogP contribution in [0.3, 0.4) is 0 Å². The normalized spacial score (nSPS) is 14.4. The lowest BCUT2D eigenvalue weighted by molar-refractivity contribution is -0.145. The standard InChI is InChI=1S/C28H37N3O4/c1-19-14-20(2)16-22(15-19)25(26(33)29-17-21-10-7-6-8-11-21)31(23-12-9-13-23)24(32)18-30-27(34)35-28(3,4)5/h6-8,10-11,14-16,23,25H,9,12-13,17-18H2,1-5H3,(H,29,33)(H,30,34). The van der Waals surface area contributed by atoms with E-state index in [-0.39, 0.29) is 24.4 Å². The number of carbonyl (C=O) groups excluding carboxylic acids is 3. The van der Waals surface area contributed by atoms with Crippen molar-refractivity contribution in [2.45, 2.75) is 78.1 Å². The molecular formula is C28H37N3O4. The summed E-state index contributed by atoms with van der Waals surface area (Å²) in [5, 5.41) is 5.59. The summed E-state index contributed by atoms with van der Waals surface area (Å²) in [6, 6.07) is 14.8. The summed E-state index contributed by atoms with van der Waals surface area (Å²) in [6.45, 7) is 9.39. The van der Waals surface area contributed by atoms with Gasteiger partial charge in [-0.15, -0.1) is 0 Å². The summed E-state index contributed by atoms with van der Waals surface area (Å²) < 4.78 is 5.28. The third kappa shape index (κ3) is 7.57. The molecular weight excluding hydrogens is 442 g/mol. The summed E-state index contributed by atoms with van der Waals surface area (Å²) in [4.78, 5) is 41.0. The second kappa shape index (κ2) is 11.4. The van der Waals surface area contributed by atoms with E-state index in [0.29, 0.717) is 6.54 Å². The van der Waals surface area contributed by atoms with Crippen molar-refractivity contribution in [2.75, 3.05) is 6.54 Å². The van der Waals surface area contributed by atoms with Gasteiger partial charge in [-0.3, -0.25) is 9.59 Å². The van der Waals surface area contributed by atoms with Crippen molar-refractivity contribution in [1.29, 1.82) is 0 Å². The van der Waals surface area contributed by atoms with Crippen LogP contribution in [0, 0.1) is 13.8 Å². The van der Waals surface area contributed by atoms with Gasteiger partial charge in [0.05, 0.1) is 0 Å². The van der Waals surface area contributed by atoms with Gasteiger partial charge in [-0.25, -0.2) is 4.79 Å². The Morgan fingerprint density at radius 3 is 2.17 bits per heavy atom. The number of amides is 3. The molecule has 1 aliphatic rings. The van der Waals surface area contributed by atoms with Crippen LogP contribution in [0.5, 0.6) is 0 Å². The van der Waals surface area contributed by atoms with E-state index < -0.39 is 17.7 Å². The van der Waals surface area contributed by atoms with Gasteiger partial charge in [0, 0.05) is 12.6 Å². The lowest BCUT2D eigenvalue weighted by atomic mass is 9.88. The van der Waals surface area contributed by atoms with Crippen LogP contribution < -0.4 is 10.6 Å². The third-order valence-corrected chi connectivity index (χ3v) is 5.93. The second-order valence-corrected chi connectivity index (χ2v) is 10.3. The van der Waals surface area contributed by atoms with E-state index in [1.165, 1.54) is 0 Å². The molecule has 0 bridgehead atoms. The maximum absolute atomic E-state index is 13.6. The first-order chi connectivity index (χ1) is 16.5. The van der Waals surface area contributed by atoms with E-state index in [9.17, 15) is 14.4 Å². The predicted molar refractivity (Wildman–Crippen MR) is 136 cm³/mol. The van der Waals surface area contributed by atoms with Crippen molar-refractivity contribution in [3.8, 4) is 0 Å². The predicted octanol–water partition coefficient (Wildman–Crippen LogP) is 4.57. The zero-order chi connectivity index (χ0) is 25.6. The van der Waals surface area contributed by atoms with E-state index in [4.69, 9.17) is 4.74 Å². The van der Waals surface area contributed by atoms with Crippen molar-refractivity contribution >= 4 is 17.9 Å². The largest absolute Gasteiger partial charge is 0.444 e. The first-order valence-corrected chi connectivity index (χ1v) is 12.2. The maximum Gasteiger partial charge on any atom is 0.408 e. The molecule has 1 unspecified atom stereocenters. The fourth-order valence-corrected chi connectivity index (χ4v) is 4.26. The van der Waals surface area contributed by atoms with Gasteiger partial charge < -0.3 is 20.3 Å². The van der Waals surface area contributed by atoms with Crippen molar-refractivity contribution in [2.24, 2.45) is 0 Å². The lowest BCUT2D eigenvalue weighted by Crippen LogP contribution is -2.53. The number of nitrogens with zero attached hydrogens (tertiary/aromatic N) is 1. The van der Waals surface area contributed by atoms with Crippen LogP contribution in [0.4, 0.5) is 4.79 Å². The molecule has 0 aliphatic heterocycles. The van der Waals surface area contributed by atoms with Crippen molar-refractivity contribution in [3.05, 3.63) is 70.8 Å². The van der Waals surface area contributed by atoms with E-state index in [0.717, 1.165) is 41.5 Å². The molecule has 188 valence electrons. The Labute approximate surface area is 208 Å². The van der Waals surface area contributed by atoms with Gasteiger partial charge in [0.2, 0.25) is 11.8 Å². The SMILES string of the molecule is Cc1cc(C)cc(C(C(=O)NCc2ccccc2)N(C(=O)CNC(=O)OC(C)(C)C)C2CCC2)c1. The molecule has 0 radical (unpaired) electrons.